The summed E-state index contributed by atoms with van der Waals surface area (Å²) in [6, 6.07) is 0. The van der Waals surface area contributed by atoms with E-state index in [0.29, 0.717) is 5.95 Å². The minimum absolute atomic E-state index is 0.693. The fraction of sp³-hybridized carbons (Fsp3) is 0.500. The highest BCUT2D eigenvalue weighted by Gasteiger charge is 2.11. The van der Waals surface area contributed by atoms with Crippen LogP contribution in [0.5, 0.6) is 0 Å². The van der Waals surface area contributed by atoms with Gasteiger partial charge in [-0.3, -0.25) is 0 Å². The van der Waals surface area contributed by atoms with E-state index < -0.39 is 0 Å². The van der Waals surface area contributed by atoms with E-state index in [2.05, 4.69) is 35.4 Å². The summed E-state index contributed by atoms with van der Waals surface area (Å²) < 4.78 is 0. The Morgan fingerprint density at radius 1 is 1.33 bits per heavy atom. The standard InChI is InChI=1S/C14H22N4/c1-6-9-13-12(7-2)11(4)16-14(17-13)18(5)10-15-8-3/h8,10H,3,6-7,9H2,1-2,4-5H3. The monoisotopic (exact) mass is 246 g/mol. The van der Waals surface area contributed by atoms with Gasteiger partial charge >= 0.3 is 0 Å². The van der Waals surface area contributed by atoms with Gasteiger partial charge in [0.05, 0.1) is 6.34 Å². The Morgan fingerprint density at radius 3 is 2.61 bits per heavy atom. The molecule has 4 heteroatoms. The third-order valence-electron chi connectivity index (χ3n) is 2.79. The summed E-state index contributed by atoms with van der Waals surface area (Å²) in [5, 5.41) is 0. The molecule has 1 heterocycles. The molecule has 0 aliphatic heterocycles. The van der Waals surface area contributed by atoms with Crippen molar-refractivity contribution in [3.05, 3.63) is 29.7 Å². The van der Waals surface area contributed by atoms with Crippen LogP contribution in [0.3, 0.4) is 0 Å². The highest BCUT2D eigenvalue weighted by molar-refractivity contribution is 5.75. The van der Waals surface area contributed by atoms with Crippen LogP contribution in [0.4, 0.5) is 5.95 Å². The van der Waals surface area contributed by atoms with Gasteiger partial charge in [0.2, 0.25) is 5.95 Å². The van der Waals surface area contributed by atoms with E-state index in [0.717, 1.165) is 30.7 Å². The maximum Gasteiger partial charge on any atom is 0.230 e. The molecule has 98 valence electrons. The number of anilines is 1. The molecule has 1 aromatic rings. The second kappa shape index (κ2) is 6.89. The zero-order valence-electron chi connectivity index (χ0n) is 11.8. The summed E-state index contributed by atoms with van der Waals surface area (Å²) in [4.78, 5) is 15.0. The molecule has 0 aliphatic carbocycles. The Hall–Kier alpha value is -1.71. The van der Waals surface area contributed by atoms with E-state index in [1.807, 2.05) is 18.9 Å². The highest BCUT2D eigenvalue weighted by atomic mass is 15.2. The fourth-order valence-corrected chi connectivity index (χ4v) is 1.90. The molecule has 0 saturated heterocycles. The smallest absolute Gasteiger partial charge is 0.230 e. The number of aryl methyl sites for hydroxylation is 2. The molecule has 1 aromatic heterocycles. The molecule has 0 fully saturated rings. The number of aromatic nitrogens is 2. The molecule has 0 spiro atoms. The minimum atomic E-state index is 0.693. The fourth-order valence-electron chi connectivity index (χ4n) is 1.90. The van der Waals surface area contributed by atoms with E-state index in [-0.39, 0.29) is 0 Å². The van der Waals surface area contributed by atoms with Crippen LogP contribution in [0, 0.1) is 6.92 Å². The van der Waals surface area contributed by atoms with Crippen molar-refractivity contribution in [2.45, 2.75) is 40.0 Å². The van der Waals surface area contributed by atoms with E-state index in [4.69, 9.17) is 0 Å². The van der Waals surface area contributed by atoms with Gasteiger partial charge < -0.3 is 4.90 Å². The van der Waals surface area contributed by atoms with Gasteiger partial charge in [0.15, 0.2) is 0 Å². The lowest BCUT2D eigenvalue weighted by Crippen LogP contribution is -2.19. The predicted molar refractivity (Wildman–Crippen MR) is 77.2 cm³/mol. The summed E-state index contributed by atoms with van der Waals surface area (Å²) in [7, 11) is 1.89. The third-order valence-corrected chi connectivity index (χ3v) is 2.79. The van der Waals surface area contributed by atoms with Crippen molar-refractivity contribution in [2.24, 2.45) is 4.99 Å². The Morgan fingerprint density at radius 2 is 2.06 bits per heavy atom. The van der Waals surface area contributed by atoms with Crippen LogP contribution in [-0.4, -0.2) is 23.4 Å². The second-order valence-corrected chi connectivity index (χ2v) is 4.20. The Bertz CT molecular complexity index is 438. The lowest BCUT2D eigenvalue weighted by atomic mass is 10.1. The molecule has 0 atom stereocenters. The van der Waals surface area contributed by atoms with E-state index in [1.165, 1.54) is 11.8 Å². The Kier molecular flexibility index (Phi) is 5.49. The largest absolute Gasteiger partial charge is 0.304 e. The summed E-state index contributed by atoms with van der Waals surface area (Å²) in [6.45, 7) is 9.91. The molecule has 0 aliphatic rings. The molecular formula is C14H22N4. The second-order valence-electron chi connectivity index (χ2n) is 4.20. The molecular weight excluding hydrogens is 224 g/mol. The van der Waals surface area contributed by atoms with Crippen molar-refractivity contribution in [1.82, 2.24) is 9.97 Å². The van der Waals surface area contributed by atoms with E-state index in [9.17, 15) is 0 Å². The summed E-state index contributed by atoms with van der Waals surface area (Å²) in [5.74, 6) is 0.693. The van der Waals surface area contributed by atoms with E-state index >= 15 is 0 Å². The van der Waals surface area contributed by atoms with Crippen LogP contribution < -0.4 is 4.90 Å². The molecule has 0 N–H and O–H groups in total. The van der Waals surface area contributed by atoms with Crippen molar-refractivity contribution in [1.29, 1.82) is 0 Å². The van der Waals surface area contributed by atoms with Gasteiger partial charge in [-0.1, -0.05) is 26.8 Å². The first-order valence-corrected chi connectivity index (χ1v) is 6.37. The van der Waals surface area contributed by atoms with Crippen LogP contribution in [-0.2, 0) is 12.8 Å². The van der Waals surface area contributed by atoms with Gasteiger partial charge in [-0.05, 0) is 25.3 Å². The number of aliphatic imine (C=N–C) groups is 1. The summed E-state index contributed by atoms with van der Waals surface area (Å²) in [5.41, 5.74) is 3.49. The predicted octanol–water partition coefficient (Wildman–Crippen LogP) is 2.91. The zero-order chi connectivity index (χ0) is 13.5. The van der Waals surface area contributed by atoms with Crippen LogP contribution in [0.2, 0.25) is 0 Å². The molecule has 0 saturated carbocycles. The molecule has 0 amide bonds. The van der Waals surface area contributed by atoms with Crippen molar-refractivity contribution in [2.75, 3.05) is 11.9 Å². The van der Waals surface area contributed by atoms with Crippen LogP contribution >= 0.6 is 0 Å². The van der Waals surface area contributed by atoms with Crippen LogP contribution in [0.15, 0.2) is 17.8 Å². The van der Waals surface area contributed by atoms with Crippen molar-refractivity contribution < 1.29 is 0 Å². The minimum Gasteiger partial charge on any atom is -0.304 e. The van der Waals surface area contributed by atoms with Gasteiger partial charge in [-0.25, -0.2) is 15.0 Å². The molecule has 0 bridgehead atoms. The maximum atomic E-state index is 4.64. The Labute approximate surface area is 109 Å². The average molecular weight is 246 g/mol. The molecule has 1 rings (SSSR count). The Balaban J connectivity index is 3.14. The number of nitrogens with zero attached hydrogens (tertiary/aromatic N) is 4. The van der Waals surface area contributed by atoms with Crippen LogP contribution in [0.25, 0.3) is 0 Å². The SMILES string of the molecule is C=CN=CN(C)c1nc(C)c(CC)c(CCC)n1. The quantitative estimate of drug-likeness (QED) is 0.572. The number of hydrogen-bond acceptors (Lipinski definition) is 3. The van der Waals surface area contributed by atoms with Crippen molar-refractivity contribution >= 4 is 12.3 Å². The zero-order valence-corrected chi connectivity index (χ0v) is 11.8. The average Bonchev–Trinajstić information content (AvgIpc) is 2.36. The topological polar surface area (TPSA) is 41.4 Å². The third kappa shape index (κ3) is 3.39. The van der Waals surface area contributed by atoms with Gasteiger partial charge in [0.25, 0.3) is 0 Å². The molecule has 0 radical (unpaired) electrons. The summed E-state index contributed by atoms with van der Waals surface area (Å²) in [6.07, 6.45) is 6.23. The molecule has 0 aromatic carbocycles. The lowest BCUT2D eigenvalue weighted by Gasteiger charge is -2.16. The van der Waals surface area contributed by atoms with Gasteiger partial charge in [-0.2, -0.15) is 0 Å². The van der Waals surface area contributed by atoms with Gasteiger partial charge in [0, 0.05) is 24.6 Å². The van der Waals surface area contributed by atoms with Crippen molar-refractivity contribution in [3.63, 3.8) is 0 Å². The first-order chi connectivity index (χ1) is 8.63. The van der Waals surface area contributed by atoms with Gasteiger partial charge in [-0.15, -0.1) is 0 Å². The van der Waals surface area contributed by atoms with Gasteiger partial charge in [0.1, 0.15) is 0 Å². The molecule has 0 unspecified atom stereocenters. The summed E-state index contributed by atoms with van der Waals surface area (Å²) >= 11 is 0. The van der Waals surface area contributed by atoms with Crippen molar-refractivity contribution in [3.8, 4) is 0 Å². The molecule has 4 nitrogen and oxygen atoms in total. The first kappa shape index (κ1) is 14.4. The lowest BCUT2D eigenvalue weighted by molar-refractivity contribution is 0.829. The normalized spacial score (nSPS) is 10.9. The maximum absolute atomic E-state index is 4.64. The molecule has 18 heavy (non-hydrogen) atoms. The van der Waals surface area contributed by atoms with Crippen LogP contribution in [0.1, 0.15) is 37.2 Å². The van der Waals surface area contributed by atoms with E-state index in [1.54, 1.807) is 6.34 Å². The first-order valence-electron chi connectivity index (χ1n) is 6.37. The number of rotatable bonds is 6. The number of hydrogen-bond donors (Lipinski definition) is 0. The highest BCUT2D eigenvalue weighted by Crippen LogP contribution is 2.17.